The number of H-pyrrole nitrogens is 1. The molecule has 1 aromatic heterocycles. The molecule has 2 rings (SSSR count). The minimum absolute atomic E-state index is 0.127. The number of halogens is 2. The van der Waals surface area contributed by atoms with Crippen LogP contribution in [0.5, 0.6) is 11.6 Å². The molecule has 0 saturated carbocycles. The fourth-order valence-corrected chi connectivity index (χ4v) is 1.61. The Morgan fingerprint density at radius 2 is 1.95 bits per heavy atom. The summed E-state index contributed by atoms with van der Waals surface area (Å²) in [6.07, 6.45) is 0. The van der Waals surface area contributed by atoms with E-state index in [-0.39, 0.29) is 17.4 Å². The molecule has 1 heterocycles. The summed E-state index contributed by atoms with van der Waals surface area (Å²) in [5.74, 6) is -2.16. The summed E-state index contributed by atoms with van der Waals surface area (Å²) in [7, 11) is 1.72. The van der Waals surface area contributed by atoms with Crippen molar-refractivity contribution in [1.82, 2.24) is 9.97 Å². The van der Waals surface area contributed by atoms with Gasteiger partial charge in [0.05, 0.1) is 5.56 Å². The Morgan fingerprint density at radius 3 is 2.52 bits per heavy atom. The van der Waals surface area contributed by atoms with Crippen LogP contribution < -0.4 is 15.2 Å². The van der Waals surface area contributed by atoms with Gasteiger partial charge in [0.15, 0.2) is 11.6 Å². The molecule has 21 heavy (non-hydrogen) atoms. The SMILES string of the molecule is CCN(C)c1nc(Oc2c(F)cccc2F)c(C)c(=O)[nH]1. The summed E-state index contributed by atoms with van der Waals surface area (Å²) in [4.78, 5) is 20.2. The van der Waals surface area contributed by atoms with E-state index in [1.165, 1.54) is 13.0 Å². The molecule has 0 atom stereocenters. The Balaban J connectivity index is 2.49. The van der Waals surface area contributed by atoms with Crippen LogP contribution in [0.1, 0.15) is 12.5 Å². The number of aromatic amines is 1. The molecule has 0 aliphatic heterocycles. The molecule has 1 aromatic carbocycles. The second kappa shape index (κ2) is 5.90. The van der Waals surface area contributed by atoms with Gasteiger partial charge in [0.25, 0.3) is 5.56 Å². The second-order valence-corrected chi connectivity index (χ2v) is 4.49. The first kappa shape index (κ1) is 15.0. The zero-order valence-electron chi connectivity index (χ0n) is 11.9. The number of nitrogens with one attached hydrogen (secondary N) is 1. The lowest BCUT2D eigenvalue weighted by molar-refractivity contribution is 0.392. The first-order valence-electron chi connectivity index (χ1n) is 6.38. The van der Waals surface area contributed by atoms with Crippen molar-refractivity contribution in [2.75, 3.05) is 18.5 Å². The van der Waals surface area contributed by atoms with Gasteiger partial charge in [-0.05, 0) is 26.0 Å². The third kappa shape index (κ3) is 3.01. The Morgan fingerprint density at radius 1 is 1.33 bits per heavy atom. The summed E-state index contributed by atoms with van der Waals surface area (Å²) in [6.45, 7) is 3.94. The molecule has 0 aliphatic rings. The monoisotopic (exact) mass is 295 g/mol. The van der Waals surface area contributed by atoms with Crippen LogP contribution in [0.2, 0.25) is 0 Å². The van der Waals surface area contributed by atoms with E-state index >= 15 is 0 Å². The van der Waals surface area contributed by atoms with E-state index in [2.05, 4.69) is 9.97 Å². The lowest BCUT2D eigenvalue weighted by Gasteiger charge is -2.16. The fourth-order valence-electron chi connectivity index (χ4n) is 1.61. The normalized spacial score (nSPS) is 10.5. The first-order valence-corrected chi connectivity index (χ1v) is 6.38. The van der Waals surface area contributed by atoms with E-state index in [0.717, 1.165) is 12.1 Å². The van der Waals surface area contributed by atoms with Crippen LogP contribution in [0, 0.1) is 18.6 Å². The topological polar surface area (TPSA) is 58.2 Å². The fraction of sp³-hybridized carbons (Fsp3) is 0.286. The summed E-state index contributed by atoms with van der Waals surface area (Å²) >= 11 is 0. The van der Waals surface area contributed by atoms with Crippen LogP contribution in [-0.4, -0.2) is 23.6 Å². The first-order chi connectivity index (χ1) is 9.93. The van der Waals surface area contributed by atoms with Crippen LogP contribution in [-0.2, 0) is 0 Å². The van der Waals surface area contributed by atoms with E-state index in [1.807, 2.05) is 6.92 Å². The molecule has 0 unspecified atom stereocenters. The number of benzene rings is 1. The molecule has 0 saturated heterocycles. The Labute approximate surface area is 120 Å². The molecule has 5 nitrogen and oxygen atoms in total. The van der Waals surface area contributed by atoms with Crippen molar-refractivity contribution >= 4 is 5.95 Å². The summed E-state index contributed by atoms with van der Waals surface area (Å²) < 4.78 is 32.4. The quantitative estimate of drug-likeness (QED) is 0.942. The molecule has 112 valence electrons. The van der Waals surface area contributed by atoms with Crippen LogP contribution in [0.25, 0.3) is 0 Å². The smallest absolute Gasteiger partial charge is 0.259 e. The molecule has 0 fully saturated rings. The van der Waals surface area contributed by atoms with Crippen LogP contribution in [0.3, 0.4) is 0 Å². The van der Waals surface area contributed by atoms with Crippen LogP contribution >= 0.6 is 0 Å². The highest BCUT2D eigenvalue weighted by Gasteiger charge is 2.16. The lowest BCUT2D eigenvalue weighted by atomic mass is 10.3. The lowest BCUT2D eigenvalue weighted by Crippen LogP contribution is -2.24. The van der Waals surface area contributed by atoms with Gasteiger partial charge in [0.2, 0.25) is 17.6 Å². The summed E-state index contributed by atoms with van der Waals surface area (Å²) in [5, 5.41) is 0. The number of ether oxygens (including phenoxy) is 1. The number of aromatic nitrogens is 2. The number of rotatable bonds is 4. The van der Waals surface area contributed by atoms with Gasteiger partial charge in [0, 0.05) is 13.6 Å². The third-order valence-corrected chi connectivity index (χ3v) is 3.05. The molecule has 0 bridgehead atoms. The molecule has 0 radical (unpaired) electrons. The van der Waals surface area contributed by atoms with Crippen LogP contribution in [0.15, 0.2) is 23.0 Å². The van der Waals surface area contributed by atoms with Gasteiger partial charge in [-0.3, -0.25) is 9.78 Å². The van der Waals surface area contributed by atoms with Crippen molar-refractivity contribution in [3.63, 3.8) is 0 Å². The summed E-state index contributed by atoms with van der Waals surface area (Å²) in [5.41, 5.74) is -0.280. The molecule has 0 amide bonds. The number of anilines is 1. The van der Waals surface area contributed by atoms with E-state index < -0.39 is 22.9 Å². The van der Waals surface area contributed by atoms with E-state index in [4.69, 9.17) is 4.74 Å². The van der Waals surface area contributed by atoms with Crippen molar-refractivity contribution in [1.29, 1.82) is 0 Å². The number of nitrogens with zero attached hydrogens (tertiary/aromatic N) is 2. The second-order valence-electron chi connectivity index (χ2n) is 4.49. The average Bonchev–Trinajstić information content (AvgIpc) is 2.46. The average molecular weight is 295 g/mol. The van der Waals surface area contributed by atoms with E-state index in [1.54, 1.807) is 11.9 Å². The molecule has 0 spiro atoms. The van der Waals surface area contributed by atoms with E-state index in [9.17, 15) is 13.6 Å². The van der Waals surface area contributed by atoms with Gasteiger partial charge in [-0.2, -0.15) is 4.98 Å². The minimum Gasteiger partial charge on any atom is -0.432 e. The molecule has 0 aliphatic carbocycles. The number of hydrogen-bond donors (Lipinski definition) is 1. The van der Waals surface area contributed by atoms with Gasteiger partial charge in [-0.1, -0.05) is 6.07 Å². The Bertz CT molecular complexity index is 696. The molecule has 2 aromatic rings. The van der Waals surface area contributed by atoms with Crippen molar-refractivity contribution in [2.45, 2.75) is 13.8 Å². The van der Waals surface area contributed by atoms with Crippen molar-refractivity contribution in [3.8, 4) is 11.6 Å². The van der Waals surface area contributed by atoms with Crippen molar-refractivity contribution < 1.29 is 13.5 Å². The van der Waals surface area contributed by atoms with Gasteiger partial charge < -0.3 is 9.64 Å². The van der Waals surface area contributed by atoms with Gasteiger partial charge in [-0.25, -0.2) is 8.78 Å². The highest BCUT2D eigenvalue weighted by molar-refractivity contribution is 5.38. The zero-order valence-corrected chi connectivity index (χ0v) is 11.9. The minimum atomic E-state index is -0.859. The Hall–Kier alpha value is -2.44. The molecule has 1 N–H and O–H groups in total. The van der Waals surface area contributed by atoms with Gasteiger partial charge >= 0.3 is 0 Å². The van der Waals surface area contributed by atoms with Gasteiger partial charge in [-0.15, -0.1) is 0 Å². The van der Waals surface area contributed by atoms with Gasteiger partial charge in [0.1, 0.15) is 0 Å². The maximum Gasteiger partial charge on any atom is 0.259 e. The predicted molar refractivity (Wildman–Crippen MR) is 75.0 cm³/mol. The molecular weight excluding hydrogens is 280 g/mol. The predicted octanol–water partition coefficient (Wildman–Crippen LogP) is 2.60. The standard InChI is InChI=1S/C14H15F2N3O2/c1-4-19(3)14-17-12(20)8(2)13(18-14)21-11-9(15)6-5-7-10(11)16/h5-7H,4H2,1-3H3,(H,17,18,20). The highest BCUT2D eigenvalue weighted by atomic mass is 19.1. The zero-order chi connectivity index (χ0) is 15.6. The molecule has 7 heteroatoms. The third-order valence-electron chi connectivity index (χ3n) is 3.05. The van der Waals surface area contributed by atoms with E-state index in [0.29, 0.717) is 6.54 Å². The van der Waals surface area contributed by atoms with Crippen LogP contribution in [0.4, 0.5) is 14.7 Å². The largest absolute Gasteiger partial charge is 0.432 e. The number of hydrogen-bond acceptors (Lipinski definition) is 4. The summed E-state index contributed by atoms with van der Waals surface area (Å²) in [6, 6.07) is 3.37. The molecular formula is C14H15F2N3O2. The number of para-hydroxylation sites is 1. The highest BCUT2D eigenvalue weighted by Crippen LogP contribution is 2.27. The van der Waals surface area contributed by atoms with Crippen molar-refractivity contribution in [3.05, 3.63) is 45.8 Å². The maximum absolute atomic E-state index is 13.6. The van der Waals surface area contributed by atoms with Crippen molar-refractivity contribution in [2.24, 2.45) is 0 Å². The maximum atomic E-state index is 13.6. The Kier molecular flexibility index (Phi) is 4.21.